The van der Waals surface area contributed by atoms with Crippen molar-refractivity contribution in [1.29, 1.82) is 0 Å². The Morgan fingerprint density at radius 1 is 1.75 bits per heavy atom. The van der Waals surface area contributed by atoms with Gasteiger partial charge in [0, 0.05) is 0 Å². The number of carboxylic acid groups (broad SMARTS) is 1. The third-order valence-corrected chi connectivity index (χ3v) is 4.14. The van der Waals surface area contributed by atoms with Crippen molar-refractivity contribution < 1.29 is 9.90 Å². The highest BCUT2D eigenvalue weighted by atomic mass is 16.4. The van der Waals surface area contributed by atoms with E-state index in [0.29, 0.717) is 18.4 Å². The molecular formula is C13H19NO2. The third-order valence-electron chi connectivity index (χ3n) is 4.14. The highest BCUT2D eigenvalue weighted by molar-refractivity contribution is 5.68. The Balaban J connectivity index is 2.10. The molecule has 3 nitrogen and oxygen atoms in total. The van der Waals surface area contributed by atoms with Crippen LogP contribution < -0.4 is 5.73 Å². The van der Waals surface area contributed by atoms with Crippen LogP contribution >= 0.6 is 0 Å². The van der Waals surface area contributed by atoms with Gasteiger partial charge < -0.3 is 10.8 Å². The summed E-state index contributed by atoms with van der Waals surface area (Å²) < 4.78 is 0. The number of fused-ring (bicyclic) bond motifs is 1. The predicted octanol–water partition coefficient (Wildman–Crippen LogP) is 1.95. The molecule has 0 aromatic carbocycles. The zero-order valence-corrected chi connectivity index (χ0v) is 9.48. The number of rotatable bonds is 5. The van der Waals surface area contributed by atoms with E-state index in [4.69, 9.17) is 10.8 Å². The molecule has 88 valence electrons. The van der Waals surface area contributed by atoms with E-state index in [1.165, 1.54) is 5.57 Å². The molecule has 0 radical (unpaired) electrons. The van der Waals surface area contributed by atoms with Crippen molar-refractivity contribution >= 4 is 5.97 Å². The number of allylic oxidation sites excluding steroid dienone is 3. The molecule has 0 aliphatic heterocycles. The van der Waals surface area contributed by atoms with Gasteiger partial charge in [0.2, 0.25) is 0 Å². The Hall–Kier alpha value is -1.09. The van der Waals surface area contributed by atoms with E-state index >= 15 is 0 Å². The largest absolute Gasteiger partial charge is 0.481 e. The van der Waals surface area contributed by atoms with E-state index in [1.807, 2.05) is 6.08 Å². The molecule has 2 rings (SSSR count). The summed E-state index contributed by atoms with van der Waals surface area (Å²) in [6.07, 6.45) is 7.39. The molecule has 0 heterocycles. The molecule has 3 atom stereocenters. The zero-order valence-electron chi connectivity index (χ0n) is 9.48. The van der Waals surface area contributed by atoms with Crippen LogP contribution in [0, 0.1) is 17.3 Å². The molecule has 1 fully saturated rings. The van der Waals surface area contributed by atoms with Crippen LogP contribution in [0.4, 0.5) is 0 Å². The summed E-state index contributed by atoms with van der Waals surface area (Å²) in [7, 11) is 0. The van der Waals surface area contributed by atoms with Crippen LogP contribution in [-0.4, -0.2) is 17.6 Å². The first-order valence-electron chi connectivity index (χ1n) is 5.83. The summed E-state index contributed by atoms with van der Waals surface area (Å²) in [5, 5.41) is 8.94. The van der Waals surface area contributed by atoms with E-state index in [0.717, 1.165) is 19.3 Å². The molecule has 1 saturated carbocycles. The summed E-state index contributed by atoms with van der Waals surface area (Å²) in [5.74, 6) is 0.302. The first-order chi connectivity index (χ1) is 7.61. The minimum atomic E-state index is -0.727. The van der Waals surface area contributed by atoms with E-state index in [9.17, 15) is 4.79 Å². The highest BCUT2D eigenvalue weighted by Crippen LogP contribution is 2.59. The standard InChI is InChI=1S/C13H19NO2/c1-2-3-9-4-10-6-13(8-14,7-12(15)16)11(10)5-9/h2,5,10-11H,1,3-4,6-8,14H2,(H,15,16)/t10-,11-,13-/m0/s1. The molecule has 0 aromatic heterocycles. The summed E-state index contributed by atoms with van der Waals surface area (Å²) in [6.45, 7) is 4.22. The molecule has 3 heteroatoms. The van der Waals surface area contributed by atoms with Crippen molar-refractivity contribution in [2.45, 2.75) is 25.7 Å². The fraction of sp³-hybridized carbons (Fsp3) is 0.615. The lowest BCUT2D eigenvalue weighted by Crippen LogP contribution is -2.51. The van der Waals surface area contributed by atoms with Gasteiger partial charge in [-0.25, -0.2) is 0 Å². The number of carbonyl (C=O) groups is 1. The molecule has 0 unspecified atom stereocenters. The SMILES string of the molecule is C=CCC1=C[C@H]2[C@@H](C1)C[C@@]2(CN)CC(=O)O. The van der Waals surface area contributed by atoms with Gasteiger partial charge >= 0.3 is 5.97 Å². The second kappa shape index (κ2) is 4.06. The molecule has 0 spiro atoms. The molecule has 0 aromatic rings. The molecular weight excluding hydrogens is 202 g/mol. The predicted molar refractivity (Wildman–Crippen MR) is 62.9 cm³/mol. The lowest BCUT2D eigenvalue weighted by molar-refractivity contribution is -0.144. The number of carboxylic acids is 1. The second-order valence-corrected chi connectivity index (χ2v) is 5.15. The molecule has 0 saturated heterocycles. The smallest absolute Gasteiger partial charge is 0.303 e. The maximum absolute atomic E-state index is 10.9. The van der Waals surface area contributed by atoms with E-state index in [-0.39, 0.29) is 11.8 Å². The molecule has 16 heavy (non-hydrogen) atoms. The van der Waals surface area contributed by atoms with Crippen LogP contribution in [0.5, 0.6) is 0 Å². The van der Waals surface area contributed by atoms with E-state index in [1.54, 1.807) is 0 Å². The number of hydrogen-bond donors (Lipinski definition) is 2. The number of nitrogens with two attached hydrogens (primary N) is 1. The average Bonchev–Trinajstić information content (AvgIpc) is 2.54. The molecule has 3 N–H and O–H groups in total. The van der Waals surface area contributed by atoms with Gasteiger partial charge in [-0.15, -0.1) is 6.58 Å². The average molecular weight is 221 g/mol. The lowest BCUT2D eigenvalue weighted by Gasteiger charge is -2.51. The Morgan fingerprint density at radius 3 is 3.06 bits per heavy atom. The number of hydrogen-bond acceptors (Lipinski definition) is 2. The van der Waals surface area contributed by atoms with Crippen molar-refractivity contribution in [3.8, 4) is 0 Å². The minimum Gasteiger partial charge on any atom is -0.481 e. The van der Waals surface area contributed by atoms with Crippen LogP contribution in [0.25, 0.3) is 0 Å². The van der Waals surface area contributed by atoms with Gasteiger partial charge in [0.1, 0.15) is 0 Å². The van der Waals surface area contributed by atoms with Gasteiger partial charge in [-0.3, -0.25) is 4.79 Å². The molecule has 2 aliphatic carbocycles. The lowest BCUT2D eigenvalue weighted by atomic mass is 9.53. The van der Waals surface area contributed by atoms with Crippen LogP contribution in [0.2, 0.25) is 0 Å². The topological polar surface area (TPSA) is 63.3 Å². The second-order valence-electron chi connectivity index (χ2n) is 5.15. The Morgan fingerprint density at radius 2 is 2.50 bits per heavy atom. The Labute approximate surface area is 96.0 Å². The summed E-state index contributed by atoms with van der Waals surface area (Å²) in [4.78, 5) is 10.9. The first-order valence-corrected chi connectivity index (χ1v) is 5.83. The van der Waals surface area contributed by atoms with Gasteiger partial charge in [-0.1, -0.05) is 17.7 Å². The monoisotopic (exact) mass is 221 g/mol. The van der Waals surface area contributed by atoms with Crippen LogP contribution in [0.15, 0.2) is 24.3 Å². The van der Waals surface area contributed by atoms with Crippen molar-refractivity contribution in [3.63, 3.8) is 0 Å². The summed E-state index contributed by atoms with van der Waals surface area (Å²) in [5.41, 5.74) is 7.02. The van der Waals surface area contributed by atoms with Gasteiger partial charge in [0.05, 0.1) is 6.42 Å². The van der Waals surface area contributed by atoms with Gasteiger partial charge in [-0.2, -0.15) is 0 Å². The van der Waals surface area contributed by atoms with Crippen LogP contribution in [-0.2, 0) is 4.79 Å². The van der Waals surface area contributed by atoms with E-state index < -0.39 is 5.97 Å². The van der Waals surface area contributed by atoms with Crippen molar-refractivity contribution in [2.24, 2.45) is 23.0 Å². The maximum Gasteiger partial charge on any atom is 0.303 e. The maximum atomic E-state index is 10.9. The third kappa shape index (κ3) is 1.69. The zero-order chi connectivity index (χ0) is 11.8. The summed E-state index contributed by atoms with van der Waals surface area (Å²) in [6, 6.07) is 0. The Kier molecular flexibility index (Phi) is 2.89. The van der Waals surface area contributed by atoms with Gasteiger partial charge in [0.15, 0.2) is 0 Å². The Bertz CT molecular complexity index is 348. The minimum absolute atomic E-state index is 0.167. The normalized spacial score (nSPS) is 36.2. The van der Waals surface area contributed by atoms with E-state index in [2.05, 4.69) is 12.7 Å². The summed E-state index contributed by atoms with van der Waals surface area (Å²) >= 11 is 0. The fourth-order valence-electron chi connectivity index (χ4n) is 3.42. The van der Waals surface area contributed by atoms with Crippen molar-refractivity contribution in [2.75, 3.05) is 6.54 Å². The van der Waals surface area contributed by atoms with Gasteiger partial charge in [-0.05, 0) is 43.1 Å². The van der Waals surface area contributed by atoms with Crippen LogP contribution in [0.3, 0.4) is 0 Å². The number of aliphatic carboxylic acids is 1. The molecule has 2 aliphatic rings. The quantitative estimate of drug-likeness (QED) is 0.697. The fourth-order valence-corrected chi connectivity index (χ4v) is 3.42. The van der Waals surface area contributed by atoms with Crippen LogP contribution in [0.1, 0.15) is 25.7 Å². The van der Waals surface area contributed by atoms with Crippen molar-refractivity contribution in [1.82, 2.24) is 0 Å². The molecule has 0 bridgehead atoms. The first kappa shape index (κ1) is 11.4. The highest BCUT2D eigenvalue weighted by Gasteiger charge is 2.54. The van der Waals surface area contributed by atoms with Gasteiger partial charge in [0.25, 0.3) is 0 Å². The van der Waals surface area contributed by atoms with Crippen molar-refractivity contribution in [3.05, 3.63) is 24.3 Å². The molecule has 0 amide bonds.